The number of aromatic nitrogens is 3. The summed E-state index contributed by atoms with van der Waals surface area (Å²) < 4.78 is 13.7. The Labute approximate surface area is 129 Å². The molecular weight excluding hydrogens is 281 g/mol. The van der Waals surface area contributed by atoms with Gasteiger partial charge in [-0.3, -0.25) is 5.10 Å². The van der Waals surface area contributed by atoms with E-state index in [0.717, 1.165) is 5.56 Å². The van der Waals surface area contributed by atoms with Gasteiger partial charge in [0.1, 0.15) is 17.5 Å². The standard InChI is InChI=1S/C16H20FN5/c1-11(2)13-10-21-20-8-7-15(18)22-16(13)19-9-12-5-3-4-6-14(12)17/h3-8,10-11,19-20H,9H2,1-2H3,(H2,18,22). The number of nitrogens with zero attached hydrogens (tertiary/aromatic N) is 2. The topological polar surface area (TPSA) is 79.6 Å². The molecule has 116 valence electrons. The van der Waals surface area contributed by atoms with Gasteiger partial charge in [0, 0.05) is 23.9 Å². The SMILES string of the molecule is CC(C)c1cn[nH]ccc(N)nc1NCc1ccccc1F. The Morgan fingerprint density at radius 1 is 1.27 bits per heavy atom. The number of benzene rings is 1. The van der Waals surface area contributed by atoms with Crippen molar-refractivity contribution in [3.63, 3.8) is 0 Å². The number of anilines is 2. The lowest BCUT2D eigenvalue weighted by Crippen LogP contribution is -2.07. The van der Waals surface area contributed by atoms with Crippen molar-refractivity contribution >= 4 is 11.6 Å². The number of nitrogens with one attached hydrogen (secondary N) is 2. The molecule has 0 aliphatic rings. The number of halogens is 1. The molecule has 0 aliphatic heterocycles. The minimum Gasteiger partial charge on any atom is -0.384 e. The average Bonchev–Trinajstić information content (AvgIpc) is 2.56. The second-order valence-electron chi connectivity index (χ2n) is 5.16. The van der Waals surface area contributed by atoms with Crippen LogP contribution in [0.4, 0.5) is 16.0 Å². The molecule has 1 heterocycles. The Morgan fingerprint density at radius 3 is 2.77 bits per heavy atom. The Morgan fingerprint density at radius 2 is 2.05 bits per heavy atom. The molecule has 0 radical (unpaired) electrons. The number of H-pyrrole nitrogens is 1. The summed E-state index contributed by atoms with van der Waals surface area (Å²) in [5.74, 6) is 0.861. The van der Waals surface area contributed by atoms with Crippen molar-refractivity contribution in [3.8, 4) is 0 Å². The summed E-state index contributed by atoms with van der Waals surface area (Å²) >= 11 is 0. The van der Waals surface area contributed by atoms with Crippen molar-refractivity contribution in [1.82, 2.24) is 15.2 Å². The first-order chi connectivity index (χ1) is 10.6. The van der Waals surface area contributed by atoms with Gasteiger partial charge in [0.15, 0.2) is 0 Å². The number of aromatic amines is 1. The molecule has 0 fully saturated rings. The molecule has 0 aliphatic carbocycles. The monoisotopic (exact) mass is 301 g/mol. The van der Waals surface area contributed by atoms with Crippen molar-refractivity contribution in [1.29, 1.82) is 0 Å². The van der Waals surface area contributed by atoms with Crippen molar-refractivity contribution in [2.24, 2.45) is 0 Å². The zero-order valence-electron chi connectivity index (χ0n) is 12.7. The third-order valence-electron chi connectivity index (χ3n) is 3.15. The lowest BCUT2D eigenvalue weighted by Gasteiger charge is -2.12. The third kappa shape index (κ3) is 4.18. The molecule has 0 saturated heterocycles. The molecule has 0 amide bonds. The molecule has 1 aromatic carbocycles. The number of rotatable bonds is 4. The average molecular weight is 301 g/mol. The maximum atomic E-state index is 13.7. The first-order valence-electron chi connectivity index (χ1n) is 7.08. The largest absolute Gasteiger partial charge is 0.384 e. The van der Waals surface area contributed by atoms with Crippen molar-refractivity contribution < 1.29 is 4.39 Å². The van der Waals surface area contributed by atoms with E-state index in [4.69, 9.17) is 5.73 Å². The van der Waals surface area contributed by atoms with Gasteiger partial charge in [0.25, 0.3) is 0 Å². The number of hydrogen-bond donors (Lipinski definition) is 3. The van der Waals surface area contributed by atoms with E-state index in [9.17, 15) is 4.39 Å². The van der Waals surface area contributed by atoms with Crippen LogP contribution in [0.3, 0.4) is 0 Å². The summed E-state index contributed by atoms with van der Waals surface area (Å²) in [4.78, 5) is 4.37. The second kappa shape index (κ2) is 7.40. The summed E-state index contributed by atoms with van der Waals surface area (Å²) in [7, 11) is 0. The minimum atomic E-state index is -0.253. The highest BCUT2D eigenvalue weighted by Crippen LogP contribution is 2.21. The van der Waals surface area contributed by atoms with E-state index in [2.05, 4.69) is 20.5 Å². The molecule has 2 aromatic rings. The van der Waals surface area contributed by atoms with Crippen LogP contribution in [0, 0.1) is 5.82 Å². The van der Waals surface area contributed by atoms with Crippen LogP contribution in [-0.4, -0.2) is 15.2 Å². The van der Waals surface area contributed by atoms with Crippen LogP contribution in [0.25, 0.3) is 0 Å². The van der Waals surface area contributed by atoms with Gasteiger partial charge in [-0.2, -0.15) is 5.10 Å². The first kappa shape index (κ1) is 15.8. The summed E-state index contributed by atoms with van der Waals surface area (Å²) in [6.07, 6.45) is 3.30. The molecule has 0 atom stereocenters. The van der Waals surface area contributed by atoms with Crippen LogP contribution in [0.1, 0.15) is 30.9 Å². The summed E-state index contributed by atoms with van der Waals surface area (Å²) in [6, 6.07) is 8.24. The zero-order chi connectivity index (χ0) is 15.9. The van der Waals surface area contributed by atoms with E-state index in [1.54, 1.807) is 36.7 Å². The maximum absolute atomic E-state index is 13.7. The molecule has 0 saturated carbocycles. The predicted octanol–water partition coefficient (Wildman–Crippen LogP) is 3.39. The van der Waals surface area contributed by atoms with Crippen LogP contribution in [0.15, 0.2) is 42.7 Å². The van der Waals surface area contributed by atoms with Crippen LogP contribution in [0.2, 0.25) is 0 Å². The normalized spacial score (nSPS) is 10.4. The molecule has 4 N–H and O–H groups in total. The Bertz CT molecular complexity index is 680. The van der Waals surface area contributed by atoms with E-state index >= 15 is 0 Å². The first-order valence-corrected chi connectivity index (χ1v) is 7.08. The highest BCUT2D eigenvalue weighted by Gasteiger charge is 2.08. The summed E-state index contributed by atoms with van der Waals surface area (Å²) in [6.45, 7) is 4.38. The fraction of sp³-hybridized carbons (Fsp3) is 0.250. The molecule has 0 bridgehead atoms. The smallest absolute Gasteiger partial charge is 0.133 e. The van der Waals surface area contributed by atoms with E-state index in [1.807, 2.05) is 13.8 Å². The Kier molecular flexibility index (Phi) is 5.30. The molecule has 0 unspecified atom stereocenters. The Hall–Kier alpha value is -2.63. The molecular formula is C16H20FN5. The van der Waals surface area contributed by atoms with Gasteiger partial charge in [-0.1, -0.05) is 32.0 Å². The van der Waals surface area contributed by atoms with Gasteiger partial charge in [-0.05, 0) is 18.1 Å². The molecule has 5 nitrogen and oxygen atoms in total. The van der Waals surface area contributed by atoms with E-state index in [1.165, 1.54) is 6.07 Å². The van der Waals surface area contributed by atoms with Crippen LogP contribution in [-0.2, 0) is 6.54 Å². The van der Waals surface area contributed by atoms with E-state index in [-0.39, 0.29) is 11.7 Å². The van der Waals surface area contributed by atoms with Gasteiger partial charge in [-0.25, -0.2) is 9.37 Å². The van der Waals surface area contributed by atoms with Crippen LogP contribution >= 0.6 is 0 Å². The predicted molar refractivity (Wildman–Crippen MR) is 86.2 cm³/mol. The zero-order valence-corrected chi connectivity index (χ0v) is 12.7. The molecule has 1 aromatic heterocycles. The van der Waals surface area contributed by atoms with Crippen molar-refractivity contribution in [2.45, 2.75) is 26.3 Å². The number of nitrogen functional groups attached to an aromatic ring is 1. The van der Waals surface area contributed by atoms with Crippen molar-refractivity contribution in [3.05, 3.63) is 59.7 Å². The van der Waals surface area contributed by atoms with Gasteiger partial charge in [0.05, 0.1) is 6.20 Å². The molecule has 0 spiro atoms. The molecule has 6 heteroatoms. The van der Waals surface area contributed by atoms with E-state index < -0.39 is 0 Å². The van der Waals surface area contributed by atoms with Crippen LogP contribution in [0.5, 0.6) is 0 Å². The van der Waals surface area contributed by atoms with Gasteiger partial charge in [0.2, 0.25) is 0 Å². The van der Waals surface area contributed by atoms with Crippen LogP contribution < -0.4 is 11.1 Å². The lowest BCUT2D eigenvalue weighted by molar-refractivity contribution is 0.613. The highest BCUT2D eigenvalue weighted by molar-refractivity contribution is 5.47. The molecule has 2 rings (SSSR count). The molecule has 22 heavy (non-hydrogen) atoms. The Balaban J connectivity index is 2.38. The highest BCUT2D eigenvalue weighted by atomic mass is 19.1. The van der Waals surface area contributed by atoms with Gasteiger partial charge < -0.3 is 11.1 Å². The van der Waals surface area contributed by atoms with Crippen molar-refractivity contribution in [2.75, 3.05) is 11.1 Å². The van der Waals surface area contributed by atoms with Gasteiger partial charge >= 0.3 is 0 Å². The fourth-order valence-corrected chi connectivity index (χ4v) is 1.95. The third-order valence-corrected chi connectivity index (χ3v) is 3.15. The quantitative estimate of drug-likeness (QED) is 0.808. The number of nitrogens with two attached hydrogens (primary N) is 1. The maximum Gasteiger partial charge on any atom is 0.133 e. The second-order valence-corrected chi connectivity index (χ2v) is 5.16. The van der Waals surface area contributed by atoms with Gasteiger partial charge in [-0.15, -0.1) is 0 Å². The van der Waals surface area contributed by atoms with E-state index in [0.29, 0.717) is 23.7 Å². The minimum absolute atomic E-state index is 0.184. The fourth-order valence-electron chi connectivity index (χ4n) is 1.95. The lowest BCUT2D eigenvalue weighted by atomic mass is 10.1. The summed E-state index contributed by atoms with van der Waals surface area (Å²) in [5.41, 5.74) is 7.30. The summed E-state index contributed by atoms with van der Waals surface area (Å²) in [5, 5.41) is 10.00. The number of hydrogen-bond acceptors (Lipinski definition) is 4.